The molecule has 0 aromatic carbocycles. The summed E-state index contributed by atoms with van der Waals surface area (Å²) in [6.45, 7) is 3.53. The van der Waals surface area contributed by atoms with Crippen LogP contribution in [-0.4, -0.2) is 72.0 Å². The van der Waals surface area contributed by atoms with Crippen molar-refractivity contribution in [1.29, 1.82) is 0 Å². The van der Waals surface area contributed by atoms with Gasteiger partial charge in [0.2, 0.25) is 0 Å². The summed E-state index contributed by atoms with van der Waals surface area (Å²) >= 11 is 0.995. The fourth-order valence-electron chi connectivity index (χ4n) is 0. The zero-order valence-corrected chi connectivity index (χ0v) is 6.11. The van der Waals surface area contributed by atoms with Crippen molar-refractivity contribution in [3.05, 3.63) is 12.7 Å². The number of allylic oxidation sites excluding steroid dienone is 1. The molecule has 0 heterocycles. The van der Waals surface area contributed by atoms with Crippen LogP contribution in [0, 0.1) is 0 Å². The van der Waals surface area contributed by atoms with E-state index in [-0.39, 0.29) is 23.1 Å². The van der Waals surface area contributed by atoms with Crippen LogP contribution < -0.4 is 0 Å². The van der Waals surface area contributed by atoms with Crippen LogP contribution in [0.1, 0.15) is 0 Å². The van der Waals surface area contributed by atoms with Gasteiger partial charge in [-0.25, -0.2) is 0 Å². The first-order valence-corrected chi connectivity index (χ1v) is 3.73. The normalized spacial score (nSPS) is 5.20. The first-order valence-electron chi connectivity index (χ1n) is 1.52. The van der Waals surface area contributed by atoms with Crippen molar-refractivity contribution in [3.63, 3.8) is 0 Å². The Hall–Kier alpha value is 2.14. The third-order valence-corrected chi connectivity index (χ3v) is 1.19. The zero-order valence-electron chi connectivity index (χ0n) is 2.99. The third-order valence-electron chi connectivity index (χ3n) is 0.289. The number of hydrogen-bond acceptors (Lipinski definition) is 0. The summed E-state index contributed by atoms with van der Waals surface area (Å²) in [7, 11) is 0. The van der Waals surface area contributed by atoms with Gasteiger partial charge in [-0.2, -0.15) is 0 Å². The summed E-state index contributed by atoms with van der Waals surface area (Å²) in [4.78, 5) is 0. The fourth-order valence-corrected chi connectivity index (χ4v) is 0. The van der Waals surface area contributed by atoms with E-state index in [1.165, 1.54) is 0.515 Å². The SMILES string of the molecule is C=C[CH2][K].[MgH2]. The molecule has 22 valence electrons. The van der Waals surface area contributed by atoms with Crippen LogP contribution in [0.25, 0.3) is 0 Å². The molecule has 0 atom stereocenters. The van der Waals surface area contributed by atoms with Gasteiger partial charge in [0, 0.05) is 0 Å². The number of rotatable bonds is 1. The van der Waals surface area contributed by atoms with Crippen LogP contribution >= 0.6 is 0 Å². The molecular formula is C3H7KMg. The topological polar surface area (TPSA) is 0 Å². The Morgan fingerprint density at radius 2 is 2.00 bits per heavy atom. The van der Waals surface area contributed by atoms with E-state index in [9.17, 15) is 0 Å². The van der Waals surface area contributed by atoms with Gasteiger partial charge in [-0.3, -0.25) is 0 Å². The van der Waals surface area contributed by atoms with E-state index in [0.717, 1.165) is 49.0 Å². The molecule has 0 nitrogen and oxygen atoms in total. The minimum Gasteiger partial charge on any atom is 0.316 e. The van der Waals surface area contributed by atoms with Crippen LogP contribution in [0.3, 0.4) is 0 Å². The summed E-state index contributed by atoms with van der Waals surface area (Å²) in [5.41, 5.74) is 0. The molecule has 2 heteroatoms. The van der Waals surface area contributed by atoms with Crippen LogP contribution in [0.2, 0.25) is 0.515 Å². The van der Waals surface area contributed by atoms with Gasteiger partial charge in [0.05, 0.1) is 0 Å². The van der Waals surface area contributed by atoms with Crippen molar-refractivity contribution in [2.24, 2.45) is 0 Å². The molecular weight excluding hydrogens is 99.4 g/mol. The molecule has 0 N–H and O–H groups in total. The molecule has 0 aromatic heterocycles. The molecule has 0 unspecified atom stereocenters. The van der Waals surface area contributed by atoms with Crippen LogP contribution in [0.4, 0.5) is 0 Å². The molecule has 0 fully saturated rings. The molecule has 0 aromatic rings. The molecule has 0 spiro atoms. The van der Waals surface area contributed by atoms with E-state index >= 15 is 0 Å². The van der Waals surface area contributed by atoms with Crippen LogP contribution in [0.5, 0.6) is 0 Å². The van der Waals surface area contributed by atoms with E-state index in [4.69, 9.17) is 0 Å². The van der Waals surface area contributed by atoms with Crippen molar-refractivity contribution in [3.8, 4) is 0 Å². The second-order valence-electron chi connectivity index (χ2n) is 0.697. The largest absolute Gasteiger partial charge is 0.316 e. The summed E-state index contributed by atoms with van der Waals surface area (Å²) < 4.78 is 1.27. The smallest absolute Gasteiger partial charge is 0.316 e. The Morgan fingerprint density at radius 1 is 1.80 bits per heavy atom. The van der Waals surface area contributed by atoms with E-state index in [0.29, 0.717) is 0 Å². The van der Waals surface area contributed by atoms with Crippen molar-refractivity contribution in [1.82, 2.24) is 0 Å². The van der Waals surface area contributed by atoms with E-state index in [1.807, 2.05) is 6.08 Å². The minimum absolute atomic E-state index is 0. The molecule has 0 aliphatic carbocycles. The second-order valence-corrected chi connectivity index (χ2v) is 1.97. The Balaban J connectivity index is 0. The van der Waals surface area contributed by atoms with E-state index in [2.05, 4.69) is 6.58 Å². The van der Waals surface area contributed by atoms with Gasteiger partial charge in [0.25, 0.3) is 0 Å². The van der Waals surface area contributed by atoms with Crippen molar-refractivity contribution < 1.29 is 0 Å². The summed E-state index contributed by atoms with van der Waals surface area (Å²) in [5.74, 6) is 0. The summed E-state index contributed by atoms with van der Waals surface area (Å²) in [6, 6.07) is 0. The molecule has 0 bridgehead atoms. The summed E-state index contributed by atoms with van der Waals surface area (Å²) in [5, 5.41) is 0. The van der Waals surface area contributed by atoms with Gasteiger partial charge in [0.1, 0.15) is 0 Å². The maximum atomic E-state index is 3.53. The number of hydrogen-bond donors (Lipinski definition) is 0. The van der Waals surface area contributed by atoms with Crippen molar-refractivity contribution >= 4 is 72.0 Å². The van der Waals surface area contributed by atoms with Gasteiger partial charge in [-0.15, -0.1) is 0 Å². The van der Waals surface area contributed by atoms with Crippen molar-refractivity contribution in [2.75, 3.05) is 0 Å². The standard InChI is InChI=1S/C3H5.K.Mg.2H/c1-3-2;;;;/h3H,1-2H2;;;;. The van der Waals surface area contributed by atoms with Gasteiger partial charge in [0.15, 0.2) is 0 Å². The maximum Gasteiger partial charge on any atom is 0.316 e. The predicted molar refractivity (Wildman–Crippen MR) is 29.3 cm³/mol. The quantitative estimate of drug-likeness (QED) is 0.322. The molecule has 0 rings (SSSR count). The average molecular weight is 106 g/mol. The predicted octanol–water partition coefficient (Wildman–Crippen LogP) is -0.157. The molecule has 0 aliphatic rings. The Bertz CT molecular complexity index is 20.9. The van der Waals surface area contributed by atoms with Crippen LogP contribution in [0.15, 0.2) is 12.7 Å². The van der Waals surface area contributed by atoms with E-state index < -0.39 is 0 Å². The van der Waals surface area contributed by atoms with Gasteiger partial charge < -0.3 is 0 Å². The Kier molecular flexibility index (Phi) is 19.3. The Morgan fingerprint density at radius 3 is 2.00 bits per heavy atom. The Labute approximate surface area is 83.1 Å². The first-order chi connectivity index (χ1) is 1.91. The average Bonchev–Trinajstić information content (AvgIpc) is 1.37. The first kappa shape index (κ1) is 10.2. The fraction of sp³-hybridized carbons (Fsp3) is 0.333. The minimum atomic E-state index is 0. The molecule has 0 saturated carbocycles. The van der Waals surface area contributed by atoms with Crippen molar-refractivity contribution in [2.45, 2.75) is 0.515 Å². The molecule has 0 radical (unpaired) electrons. The van der Waals surface area contributed by atoms with Gasteiger partial charge >= 0.3 is 85.2 Å². The molecule has 5 heavy (non-hydrogen) atoms. The molecule has 0 saturated heterocycles. The zero-order chi connectivity index (χ0) is 3.41. The molecule has 0 amide bonds. The van der Waals surface area contributed by atoms with Gasteiger partial charge in [-0.05, 0) is 0 Å². The van der Waals surface area contributed by atoms with Crippen LogP contribution in [-0.2, 0) is 0 Å². The third kappa shape index (κ3) is 10.7. The molecule has 0 aliphatic heterocycles. The van der Waals surface area contributed by atoms with Gasteiger partial charge in [-0.1, -0.05) is 0 Å². The maximum absolute atomic E-state index is 3.53. The van der Waals surface area contributed by atoms with E-state index in [1.54, 1.807) is 0 Å². The summed E-state index contributed by atoms with van der Waals surface area (Å²) in [6.07, 6.45) is 1.96. The monoisotopic (exact) mass is 106 g/mol. The second kappa shape index (κ2) is 9.47.